The van der Waals surface area contributed by atoms with Crippen LogP contribution in [0.25, 0.3) is 33.7 Å². The van der Waals surface area contributed by atoms with Crippen molar-refractivity contribution in [2.75, 3.05) is 13.2 Å². The zero-order valence-corrected chi connectivity index (χ0v) is 23.3. The van der Waals surface area contributed by atoms with E-state index in [2.05, 4.69) is 39.0 Å². The fourth-order valence-corrected chi connectivity index (χ4v) is 6.01. The average Bonchev–Trinajstić information content (AvgIpc) is 3.51. The minimum Gasteiger partial charge on any atom is -0.460 e. The molecule has 204 valence electrons. The minimum atomic E-state index is -0.462. The number of pyridine rings is 1. The zero-order chi connectivity index (χ0) is 27.1. The number of aromatic amines is 1. The van der Waals surface area contributed by atoms with Gasteiger partial charge in [0.25, 0.3) is 0 Å². The second-order valence-electron chi connectivity index (χ2n) is 11.9. The summed E-state index contributed by atoms with van der Waals surface area (Å²) in [5.74, 6) is 0.862. The highest BCUT2D eigenvalue weighted by atomic mass is 16.6. The van der Waals surface area contributed by atoms with E-state index in [9.17, 15) is 4.79 Å². The van der Waals surface area contributed by atoms with Crippen molar-refractivity contribution in [2.24, 2.45) is 0 Å². The molecule has 1 N–H and O–H groups in total. The summed E-state index contributed by atoms with van der Waals surface area (Å²) in [5, 5.41) is 4.80. The predicted octanol–water partition coefficient (Wildman–Crippen LogP) is 6.30. The maximum atomic E-state index is 12.6. The zero-order valence-electron chi connectivity index (χ0n) is 23.3. The van der Waals surface area contributed by atoms with Crippen LogP contribution in [-0.2, 0) is 20.7 Å². The van der Waals surface area contributed by atoms with Crippen molar-refractivity contribution in [1.29, 1.82) is 0 Å². The van der Waals surface area contributed by atoms with E-state index in [-0.39, 0.29) is 11.9 Å². The van der Waals surface area contributed by atoms with E-state index in [4.69, 9.17) is 19.6 Å². The molecule has 0 amide bonds. The summed E-state index contributed by atoms with van der Waals surface area (Å²) in [6.07, 6.45) is 9.40. The van der Waals surface area contributed by atoms with Crippen LogP contribution in [0.1, 0.15) is 81.7 Å². The third-order valence-electron chi connectivity index (χ3n) is 7.85. The first kappa shape index (κ1) is 25.7. The van der Waals surface area contributed by atoms with E-state index in [1.807, 2.05) is 40.0 Å². The number of carbonyl (C=O) groups is 1. The van der Waals surface area contributed by atoms with Crippen molar-refractivity contribution in [2.45, 2.75) is 83.8 Å². The number of aromatic nitrogens is 5. The first-order valence-corrected chi connectivity index (χ1v) is 14.1. The van der Waals surface area contributed by atoms with Gasteiger partial charge in [-0.1, -0.05) is 18.2 Å². The van der Waals surface area contributed by atoms with Gasteiger partial charge in [0, 0.05) is 31.2 Å². The number of ether oxygens (including phenoxy) is 2. The Morgan fingerprint density at radius 3 is 2.77 bits per heavy atom. The molecule has 1 fully saturated rings. The molecular weight excluding hydrogens is 490 g/mol. The molecule has 1 saturated heterocycles. The Morgan fingerprint density at radius 1 is 1.15 bits per heavy atom. The number of fused-ring (bicyclic) bond motifs is 2. The van der Waals surface area contributed by atoms with Gasteiger partial charge in [-0.25, -0.2) is 9.97 Å². The number of carbonyl (C=O) groups excluding carboxylic acids is 1. The normalized spacial score (nSPS) is 18.3. The van der Waals surface area contributed by atoms with Crippen LogP contribution in [0.4, 0.5) is 0 Å². The molecule has 0 saturated carbocycles. The number of nitrogens with one attached hydrogen (secondary N) is 1. The van der Waals surface area contributed by atoms with E-state index >= 15 is 0 Å². The molecule has 8 heteroatoms. The number of nitrogens with zero attached hydrogens (tertiary/aromatic N) is 4. The second kappa shape index (κ2) is 10.2. The van der Waals surface area contributed by atoms with Gasteiger partial charge in [0.2, 0.25) is 0 Å². The third kappa shape index (κ3) is 5.35. The molecule has 39 heavy (non-hydrogen) atoms. The smallest absolute Gasteiger partial charge is 0.306 e. The molecule has 1 unspecified atom stereocenters. The standard InChI is InChI=1S/C31H37N5O3/c1-19-26(18-36(35-19)23-11-14-38-15-12-23)29-33-28-25(10-13-32-30(28)34-29)22-8-9-24-20(16-22)6-5-7-21(24)17-27(37)39-31(2,3)4/h8-10,13,16,18,21,23H,5-7,11-12,14-15,17H2,1-4H3,(H,32,33,34). The molecule has 6 rings (SSSR count). The summed E-state index contributed by atoms with van der Waals surface area (Å²) in [7, 11) is 0. The fourth-order valence-electron chi connectivity index (χ4n) is 6.01. The summed E-state index contributed by atoms with van der Waals surface area (Å²) >= 11 is 0. The monoisotopic (exact) mass is 527 g/mol. The number of aryl methyl sites for hydroxylation is 2. The number of hydrogen-bond acceptors (Lipinski definition) is 6. The molecule has 0 spiro atoms. The Hall–Kier alpha value is -3.52. The maximum absolute atomic E-state index is 12.6. The Morgan fingerprint density at radius 2 is 1.97 bits per heavy atom. The molecule has 2 aliphatic rings. The molecular formula is C31H37N5O3. The number of imidazole rings is 1. The predicted molar refractivity (Wildman–Crippen MR) is 151 cm³/mol. The SMILES string of the molecule is Cc1nn(C2CCOCC2)cc1-c1nc2nccc(-c3ccc4c(c3)CCCC4CC(=O)OC(C)(C)C)c2[nH]1. The van der Waals surface area contributed by atoms with E-state index in [1.165, 1.54) is 11.1 Å². The number of H-pyrrole nitrogens is 1. The van der Waals surface area contributed by atoms with Crippen LogP contribution in [0.3, 0.4) is 0 Å². The van der Waals surface area contributed by atoms with Gasteiger partial charge in [0.05, 0.1) is 29.2 Å². The molecule has 0 radical (unpaired) electrons. The highest BCUT2D eigenvalue weighted by molar-refractivity contribution is 5.91. The lowest BCUT2D eigenvalue weighted by Gasteiger charge is -2.27. The van der Waals surface area contributed by atoms with Crippen LogP contribution < -0.4 is 0 Å². The summed E-state index contributed by atoms with van der Waals surface area (Å²) < 4.78 is 13.2. The van der Waals surface area contributed by atoms with E-state index < -0.39 is 5.60 Å². The molecule has 8 nitrogen and oxygen atoms in total. The van der Waals surface area contributed by atoms with Crippen LogP contribution in [0, 0.1) is 6.92 Å². The molecule has 4 aromatic rings. The van der Waals surface area contributed by atoms with Crippen molar-refractivity contribution in [1.82, 2.24) is 24.7 Å². The molecule has 4 heterocycles. The lowest BCUT2D eigenvalue weighted by molar-refractivity contribution is -0.155. The summed E-state index contributed by atoms with van der Waals surface area (Å²) in [6.45, 7) is 9.34. The van der Waals surface area contributed by atoms with Crippen molar-refractivity contribution >= 4 is 17.1 Å². The molecule has 0 bridgehead atoms. The van der Waals surface area contributed by atoms with Gasteiger partial charge in [-0.3, -0.25) is 9.48 Å². The van der Waals surface area contributed by atoms with Gasteiger partial charge in [-0.05, 0) is 88.5 Å². The molecule has 1 atom stereocenters. The second-order valence-corrected chi connectivity index (χ2v) is 11.9. The molecule has 1 aliphatic heterocycles. The highest BCUT2D eigenvalue weighted by Gasteiger charge is 2.26. The molecule has 1 aromatic carbocycles. The Kier molecular flexibility index (Phi) is 6.75. The Balaban J connectivity index is 1.29. The first-order valence-electron chi connectivity index (χ1n) is 14.1. The van der Waals surface area contributed by atoms with Crippen LogP contribution in [0.5, 0.6) is 0 Å². The Labute approximate surface area is 229 Å². The van der Waals surface area contributed by atoms with Crippen LogP contribution in [0.15, 0.2) is 36.7 Å². The first-order chi connectivity index (χ1) is 18.7. The number of benzene rings is 1. The number of hydrogen-bond donors (Lipinski definition) is 1. The largest absolute Gasteiger partial charge is 0.460 e. The lowest BCUT2D eigenvalue weighted by atomic mass is 9.80. The quantitative estimate of drug-likeness (QED) is 0.306. The van der Waals surface area contributed by atoms with Crippen LogP contribution >= 0.6 is 0 Å². The average molecular weight is 528 g/mol. The van der Waals surface area contributed by atoms with Crippen LogP contribution in [-0.4, -0.2) is 49.5 Å². The van der Waals surface area contributed by atoms with E-state index in [0.717, 1.165) is 79.0 Å². The van der Waals surface area contributed by atoms with Gasteiger partial charge in [0.15, 0.2) is 5.65 Å². The minimum absolute atomic E-state index is 0.124. The van der Waals surface area contributed by atoms with E-state index in [1.54, 1.807) is 0 Å². The topological polar surface area (TPSA) is 94.9 Å². The van der Waals surface area contributed by atoms with Crippen molar-refractivity contribution < 1.29 is 14.3 Å². The lowest BCUT2D eigenvalue weighted by Crippen LogP contribution is -2.25. The fraction of sp³-hybridized carbons (Fsp3) is 0.484. The number of rotatable bonds is 5. The summed E-state index contributed by atoms with van der Waals surface area (Å²) in [5.41, 5.74) is 7.89. The van der Waals surface area contributed by atoms with Gasteiger partial charge in [-0.15, -0.1) is 0 Å². The van der Waals surface area contributed by atoms with Crippen LogP contribution in [0.2, 0.25) is 0 Å². The Bertz CT molecular complexity index is 1510. The van der Waals surface area contributed by atoms with Gasteiger partial charge < -0.3 is 14.5 Å². The highest BCUT2D eigenvalue weighted by Crippen LogP contribution is 2.38. The third-order valence-corrected chi connectivity index (χ3v) is 7.85. The summed E-state index contributed by atoms with van der Waals surface area (Å²) in [6, 6.07) is 9.05. The number of esters is 1. The van der Waals surface area contributed by atoms with E-state index in [0.29, 0.717) is 18.1 Å². The van der Waals surface area contributed by atoms with Crippen molar-refractivity contribution in [3.05, 3.63) is 53.5 Å². The van der Waals surface area contributed by atoms with Gasteiger partial charge in [0.1, 0.15) is 11.4 Å². The molecule has 1 aliphatic carbocycles. The maximum Gasteiger partial charge on any atom is 0.306 e. The van der Waals surface area contributed by atoms with Crippen molar-refractivity contribution in [3.8, 4) is 22.5 Å². The molecule has 3 aromatic heterocycles. The van der Waals surface area contributed by atoms with Crippen molar-refractivity contribution in [3.63, 3.8) is 0 Å². The van der Waals surface area contributed by atoms with Gasteiger partial charge >= 0.3 is 5.97 Å². The van der Waals surface area contributed by atoms with Gasteiger partial charge in [-0.2, -0.15) is 5.10 Å². The summed E-state index contributed by atoms with van der Waals surface area (Å²) in [4.78, 5) is 25.5.